The molecule has 1 fully saturated rings. The highest BCUT2D eigenvalue weighted by molar-refractivity contribution is 5.83. The van der Waals surface area contributed by atoms with Crippen LogP contribution in [-0.4, -0.2) is 79.9 Å². The Kier molecular flexibility index (Phi) is 8.86. The lowest BCUT2D eigenvalue weighted by atomic mass is 9.96. The molecule has 2 amide bonds. The average Bonchev–Trinajstić information content (AvgIpc) is 2.65. The molecule has 1 atom stereocenters. The van der Waals surface area contributed by atoms with Gasteiger partial charge in [0.2, 0.25) is 11.8 Å². The van der Waals surface area contributed by atoms with Crippen LogP contribution in [0.25, 0.3) is 0 Å². The Morgan fingerprint density at radius 2 is 2.00 bits per heavy atom. The van der Waals surface area contributed by atoms with E-state index in [0.29, 0.717) is 31.1 Å². The van der Waals surface area contributed by atoms with Crippen molar-refractivity contribution in [2.75, 3.05) is 53.4 Å². The number of hydrogen-bond donors (Lipinski definition) is 1. The van der Waals surface area contributed by atoms with Crippen LogP contribution in [0.4, 0.5) is 4.39 Å². The fourth-order valence-corrected chi connectivity index (χ4v) is 3.57. The third kappa shape index (κ3) is 7.56. The van der Waals surface area contributed by atoms with Crippen LogP contribution in [0.5, 0.6) is 0 Å². The molecule has 0 saturated carbocycles. The summed E-state index contributed by atoms with van der Waals surface area (Å²) in [5, 5.41) is 2.60. The number of hydrogen-bond acceptors (Lipinski definition) is 4. The molecule has 1 aliphatic heterocycles. The number of likely N-dealkylation sites (N-methyl/N-ethyl adjacent to an activating group) is 1. The number of benzene rings is 1. The fraction of sp³-hybridized carbons (Fsp3) is 0.619. The first kappa shape index (κ1) is 22.3. The predicted molar refractivity (Wildman–Crippen MR) is 108 cm³/mol. The number of nitrogens with one attached hydrogen (secondary N) is 1. The Morgan fingerprint density at radius 1 is 1.25 bits per heavy atom. The van der Waals surface area contributed by atoms with E-state index in [1.54, 1.807) is 6.07 Å². The Labute approximate surface area is 167 Å². The summed E-state index contributed by atoms with van der Waals surface area (Å²) in [6, 6.07) is 6.91. The van der Waals surface area contributed by atoms with Gasteiger partial charge in [0, 0.05) is 45.2 Å². The van der Waals surface area contributed by atoms with Crippen LogP contribution in [-0.2, 0) is 16.1 Å². The van der Waals surface area contributed by atoms with Gasteiger partial charge in [-0.2, -0.15) is 0 Å². The van der Waals surface area contributed by atoms with E-state index in [9.17, 15) is 14.0 Å². The summed E-state index contributed by atoms with van der Waals surface area (Å²) in [4.78, 5) is 29.9. The first-order valence-corrected chi connectivity index (χ1v) is 9.98. The van der Waals surface area contributed by atoms with E-state index in [2.05, 4.69) is 10.2 Å². The summed E-state index contributed by atoms with van der Waals surface area (Å²) in [7, 11) is 3.96. The van der Waals surface area contributed by atoms with Gasteiger partial charge in [0.1, 0.15) is 5.82 Å². The average molecular weight is 393 g/mol. The smallest absolute Gasteiger partial charge is 0.242 e. The molecule has 28 heavy (non-hydrogen) atoms. The zero-order valence-electron chi connectivity index (χ0n) is 17.3. The number of amides is 2. The van der Waals surface area contributed by atoms with Crippen LogP contribution in [0, 0.1) is 11.7 Å². The van der Waals surface area contributed by atoms with Crippen LogP contribution in [0.2, 0.25) is 0 Å². The Morgan fingerprint density at radius 3 is 2.68 bits per heavy atom. The molecule has 0 unspecified atom stereocenters. The minimum Gasteiger partial charge on any atom is -0.347 e. The Hall–Kier alpha value is -1.99. The summed E-state index contributed by atoms with van der Waals surface area (Å²) < 4.78 is 14.0. The van der Waals surface area contributed by atoms with Gasteiger partial charge in [-0.05, 0) is 45.5 Å². The van der Waals surface area contributed by atoms with Crippen molar-refractivity contribution in [3.8, 4) is 0 Å². The van der Waals surface area contributed by atoms with E-state index in [-0.39, 0.29) is 24.2 Å². The lowest BCUT2D eigenvalue weighted by Gasteiger charge is -2.36. The normalized spacial score (nSPS) is 17.5. The fourth-order valence-electron chi connectivity index (χ4n) is 3.57. The maximum absolute atomic E-state index is 14.0. The van der Waals surface area contributed by atoms with E-state index in [1.807, 2.05) is 36.0 Å². The Bertz CT molecular complexity index is 653. The molecule has 1 heterocycles. The summed E-state index contributed by atoms with van der Waals surface area (Å²) >= 11 is 0. The number of nitrogens with zero attached hydrogens (tertiary/aromatic N) is 3. The van der Waals surface area contributed by atoms with Gasteiger partial charge in [0.05, 0.1) is 6.54 Å². The van der Waals surface area contributed by atoms with Gasteiger partial charge >= 0.3 is 0 Å². The highest BCUT2D eigenvalue weighted by Gasteiger charge is 2.25. The van der Waals surface area contributed by atoms with Crippen LogP contribution < -0.4 is 5.32 Å². The molecule has 6 nitrogen and oxygen atoms in total. The van der Waals surface area contributed by atoms with Crippen LogP contribution in [0.15, 0.2) is 24.3 Å². The highest BCUT2D eigenvalue weighted by Crippen LogP contribution is 2.20. The van der Waals surface area contributed by atoms with Crippen molar-refractivity contribution in [2.45, 2.75) is 26.3 Å². The minimum atomic E-state index is -0.199. The summed E-state index contributed by atoms with van der Waals surface area (Å²) in [6.45, 7) is 5.92. The molecule has 0 radical (unpaired) electrons. The number of carbonyl (C=O) groups excluding carboxylic acids is 2. The second-order valence-electron chi connectivity index (χ2n) is 7.89. The van der Waals surface area contributed by atoms with Gasteiger partial charge in [-0.15, -0.1) is 0 Å². The van der Waals surface area contributed by atoms with Crippen LogP contribution in [0.3, 0.4) is 0 Å². The number of piperidine rings is 1. The molecule has 1 aromatic carbocycles. The molecule has 156 valence electrons. The molecule has 1 saturated heterocycles. The van der Waals surface area contributed by atoms with Crippen LogP contribution in [0.1, 0.15) is 25.3 Å². The van der Waals surface area contributed by atoms with Crippen LogP contribution >= 0.6 is 0 Å². The SMILES string of the molecule is CC(=O)NCC(=O)N(CCN(C)C)C[C@H]1CCCN(Cc2ccccc2F)C1. The van der Waals surface area contributed by atoms with E-state index in [1.165, 1.54) is 13.0 Å². The van der Waals surface area contributed by atoms with Crippen molar-refractivity contribution >= 4 is 11.8 Å². The van der Waals surface area contributed by atoms with Gasteiger partial charge in [-0.25, -0.2) is 4.39 Å². The lowest BCUT2D eigenvalue weighted by Crippen LogP contribution is -2.47. The molecule has 0 bridgehead atoms. The van der Waals surface area contributed by atoms with Crippen molar-refractivity contribution in [1.29, 1.82) is 0 Å². The van der Waals surface area contributed by atoms with Crippen molar-refractivity contribution in [1.82, 2.24) is 20.0 Å². The summed E-state index contributed by atoms with van der Waals surface area (Å²) in [6.07, 6.45) is 2.10. The van der Waals surface area contributed by atoms with Gasteiger partial charge < -0.3 is 15.1 Å². The largest absolute Gasteiger partial charge is 0.347 e. The number of halogens is 1. The van der Waals surface area contributed by atoms with Crippen molar-refractivity contribution in [3.05, 3.63) is 35.6 Å². The third-order valence-electron chi connectivity index (χ3n) is 5.09. The molecular formula is C21H33FN4O2. The Balaban J connectivity index is 1.94. The van der Waals surface area contributed by atoms with Crippen molar-refractivity contribution in [2.24, 2.45) is 5.92 Å². The first-order valence-electron chi connectivity index (χ1n) is 9.98. The van der Waals surface area contributed by atoms with E-state index in [4.69, 9.17) is 0 Å². The number of carbonyl (C=O) groups is 2. The highest BCUT2D eigenvalue weighted by atomic mass is 19.1. The summed E-state index contributed by atoms with van der Waals surface area (Å²) in [5.74, 6) is -0.0652. The molecule has 1 aromatic rings. The maximum Gasteiger partial charge on any atom is 0.242 e. The molecular weight excluding hydrogens is 359 g/mol. The zero-order valence-corrected chi connectivity index (χ0v) is 17.3. The van der Waals surface area contributed by atoms with Crippen molar-refractivity contribution < 1.29 is 14.0 Å². The quantitative estimate of drug-likeness (QED) is 0.693. The molecule has 0 spiro atoms. The topological polar surface area (TPSA) is 55.9 Å². The molecule has 0 aliphatic carbocycles. The molecule has 1 aliphatic rings. The number of likely N-dealkylation sites (tertiary alicyclic amines) is 1. The second-order valence-corrected chi connectivity index (χ2v) is 7.89. The minimum absolute atomic E-state index is 0.0361. The predicted octanol–water partition coefficient (Wildman–Crippen LogP) is 1.56. The van der Waals surface area contributed by atoms with E-state index < -0.39 is 0 Å². The summed E-state index contributed by atoms with van der Waals surface area (Å²) in [5.41, 5.74) is 0.717. The number of rotatable bonds is 9. The monoisotopic (exact) mass is 392 g/mol. The molecule has 1 N–H and O–H groups in total. The molecule has 0 aromatic heterocycles. The van der Waals surface area contributed by atoms with Gasteiger partial charge in [0.25, 0.3) is 0 Å². The second kappa shape index (κ2) is 11.1. The van der Waals surface area contributed by atoms with E-state index >= 15 is 0 Å². The lowest BCUT2D eigenvalue weighted by molar-refractivity contribution is -0.133. The maximum atomic E-state index is 14.0. The third-order valence-corrected chi connectivity index (χ3v) is 5.09. The standard InChI is InChI=1S/C21H33FN4O2/c1-17(27)23-13-21(28)26(12-11-24(2)3)15-18-7-6-10-25(14-18)16-19-8-4-5-9-20(19)22/h4-5,8-9,18H,6-7,10-16H2,1-3H3,(H,23,27)/t18-/m0/s1. The van der Waals surface area contributed by atoms with Crippen molar-refractivity contribution in [3.63, 3.8) is 0 Å². The zero-order chi connectivity index (χ0) is 20.5. The van der Waals surface area contributed by atoms with E-state index in [0.717, 1.165) is 32.5 Å². The van der Waals surface area contributed by atoms with Gasteiger partial charge in [-0.3, -0.25) is 14.5 Å². The van der Waals surface area contributed by atoms with Gasteiger partial charge in [-0.1, -0.05) is 18.2 Å². The molecule has 7 heteroatoms. The molecule has 2 rings (SSSR count). The van der Waals surface area contributed by atoms with Gasteiger partial charge in [0.15, 0.2) is 0 Å². The first-order chi connectivity index (χ1) is 13.3.